The van der Waals surface area contributed by atoms with Gasteiger partial charge in [-0.05, 0) is 105 Å². The van der Waals surface area contributed by atoms with Crippen LogP contribution in [-0.2, 0) is 0 Å². The summed E-state index contributed by atoms with van der Waals surface area (Å²) in [5.74, 6) is 2.22. The van der Waals surface area contributed by atoms with Crippen molar-refractivity contribution in [2.75, 3.05) is 0 Å². The molecular formula is C29H48O2. The first kappa shape index (κ1) is 24.8. The smallest absolute Gasteiger partial charge is 0.0591 e. The van der Waals surface area contributed by atoms with Gasteiger partial charge in [-0.3, -0.25) is 0 Å². The summed E-state index contributed by atoms with van der Waals surface area (Å²) in [6.45, 7) is 17.7. The molecule has 3 saturated carbocycles. The quantitative estimate of drug-likeness (QED) is 0.463. The van der Waals surface area contributed by atoms with Crippen LogP contribution in [0, 0.1) is 28.6 Å². The molecule has 0 heterocycles. The Morgan fingerprint density at radius 1 is 1.19 bits per heavy atom. The summed E-state index contributed by atoms with van der Waals surface area (Å²) in [4.78, 5) is 0. The molecule has 0 radical (unpaired) electrons. The summed E-state index contributed by atoms with van der Waals surface area (Å²) in [6.07, 6.45) is 15.8. The molecule has 0 saturated heterocycles. The van der Waals surface area contributed by atoms with Gasteiger partial charge in [0.25, 0.3) is 0 Å². The van der Waals surface area contributed by atoms with Gasteiger partial charge in [-0.25, -0.2) is 0 Å². The van der Waals surface area contributed by atoms with Crippen molar-refractivity contribution in [2.24, 2.45) is 28.6 Å². The highest BCUT2D eigenvalue weighted by Gasteiger charge is 2.50. The van der Waals surface area contributed by atoms with E-state index in [9.17, 15) is 10.2 Å². The van der Waals surface area contributed by atoms with Gasteiger partial charge in [0.05, 0.1) is 11.7 Å². The molecule has 0 aromatic carbocycles. The molecule has 0 unspecified atom stereocenters. The number of hydrogen-bond donors (Lipinski definition) is 2. The molecule has 0 bridgehead atoms. The van der Waals surface area contributed by atoms with E-state index in [1.165, 1.54) is 49.7 Å². The molecule has 0 spiro atoms. The minimum atomic E-state index is -0.540. The van der Waals surface area contributed by atoms with Crippen LogP contribution in [0.5, 0.6) is 0 Å². The fourth-order valence-corrected chi connectivity index (χ4v) is 7.24. The lowest BCUT2D eigenvalue weighted by atomic mass is 9.60. The Balaban J connectivity index is 1.72. The van der Waals surface area contributed by atoms with Gasteiger partial charge in [0.1, 0.15) is 0 Å². The van der Waals surface area contributed by atoms with Crippen LogP contribution in [0.15, 0.2) is 35.5 Å². The maximum atomic E-state index is 10.4. The van der Waals surface area contributed by atoms with Gasteiger partial charge in [0.15, 0.2) is 0 Å². The molecule has 3 aliphatic rings. The maximum absolute atomic E-state index is 10.4. The predicted octanol–water partition coefficient (Wildman–Crippen LogP) is 7.37. The molecule has 2 nitrogen and oxygen atoms in total. The van der Waals surface area contributed by atoms with Crippen molar-refractivity contribution in [2.45, 2.75) is 117 Å². The van der Waals surface area contributed by atoms with Crippen molar-refractivity contribution in [1.82, 2.24) is 0 Å². The third kappa shape index (κ3) is 5.56. The van der Waals surface area contributed by atoms with Gasteiger partial charge in [-0.15, -0.1) is 0 Å². The monoisotopic (exact) mass is 428 g/mol. The van der Waals surface area contributed by atoms with Gasteiger partial charge in [-0.1, -0.05) is 64.8 Å². The average Bonchev–Trinajstić information content (AvgIpc) is 2.99. The van der Waals surface area contributed by atoms with Crippen LogP contribution >= 0.6 is 0 Å². The summed E-state index contributed by atoms with van der Waals surface area (Å²) in [6, 6.07) is 0. The van der Waals surface area contributed by atoms with Crippen LogP contribution in [0.2, 0.25) is 0 Å². The van der Waals surface area contributed by atoms with Crippen LogP contribution in [0.1, 0.15) is 106 Å². The lowest BCUT2D eigenvalue weighted by molar-refractivity contribution is 0.0596. The van der Waals surface area contributed by atoms with Crippen LogP contribution < -0.4 is 0 Å². The van der Waals surface area contributed by atoms with E-state index in [1.54, 1.807) is 5.57 Å². The Labute approximate surface area is 191 Å². The number of aliphatic hydroxyl groups is 2. The fourth-order valence-electron chi connectivity index (χ4n) is 7.24. The maximum Gasteiger partial charge on any atom is 0.0591 e. The lowest BCUT2D eigenvalue weighted by Crippen LogP contribution is -2.36. The molecule has 0 aromatic heterocycles. The lowest BCUT2D eigenvalue weighted by Gasteiger charge is -2.44. The molecule has 31 heavy (non-hydrogen) atoms. The zero-order valence-corrected chi connectivity index (χ0v) is 21.1. The number of aliphatic hydroxyl groups excluding tert-OH is 1. The zero-order valence-electron chi connectivity index (χ0n) is 21.1. The van der Waals surface area contributed by atoms with E-state index in [0.29, 0.717) is 11.3 Å². The first-order valence-electron chi connectivity index (χ1n) is 12.8. The molecule has 3 fully saturated rings. The molecule has 0 aromatic rings. The second kappa shape index (κ2) is 9.18. The van der Waals surface area contributed by atoms with Crippen LogP contribution in [0.25, 0.3) is 0 Å². The molecule has 0 amide bonds. The van der Waals surface area contributed by atoms with E-state index < -0.39 is 5.60 Å². The number of fused-ring (bicyclic) bond motifs is 1. The van der Waals surface area contributed by atoms with E-state index >= 15 is 0 Å². The Bertz CT molecular complexity index is 720. The second-order valence-electron chi connectivity index (χ2n) is 12.6. The molecule has 176 valence electrons. The fraction of sp³-hybridized carbons (Fsp3) is 0.793. The molecule has 2 N–H and O–H groups in total. The minimum Gasteiger partial charge on any atom is -0.393 e. The molecular weight excluding hydrogens is 380 g/mol. The first-order valence-corrected chi connectivity index (χ1v) is 12.8. The minimum absolute atomic E-state index is 0.0138. The average molecular weight is 429 g/mol. The number of rotatable bonds is 6. The molecule has 3 rings (SSSR count). The first-order chi connectivity index (χ1) is 14.3. The summed E-state index contributed by atoms with van der Waals surface area (Å²) >= 11 is 0. The van der Waals surface area contributed by atoms with Crippen LogP contribution in [0.4, 0.5) is 0 Å². The standard InChI is InChI=1S/C29H48O2/c1-20(10-8-16-28(5,6)31)25-14-15-26-22(11-9-17-29(25,26)7)12-13-23-18-24(30)19-27(3,4)21(23)2/h12-13,20,24-26,30-31H,2,8-11,14-19H2,1,3-7H3/b22-12+,23-13-/t20-,24-,25-,26+,29-/m1/s1. The number of hydrogen-bond acceptors (Lipinski definition) is 2. The van der Waals surface area contributed by atoms with E-state index in [1.807, 2.05) is 13.8 Å². The largest absolute Gasteiger partial charge is 0.393 e. The second-order valence-corrected chi connectivity index (χ2v) is 12.6. The van der Waals surface area contributed by atoms with E-state index in [0.717, 1.165) is 37.5 Å². The molecule has 0 aliphatic heterocycles. The van der Waals surface area contributed by atoms with Crippen molar-refractivity contribution < 1.29 is 10.2 Å². The van der Waals surface area contributed by atoms with Crippen molar-refractivity contribution >= 4 is 0 Å². The highest BCUT2D eigenvalue weighted by atomic mass is 16.3. The normalized spacial score (nSPS) is 37.3. The van der Waals surface area contributed by atoms with Gasteiger partial charge in [0, 0.05) is 0 Å². The Kier molecular flexibility index (Phi) is 7.34. The Morgan fingerprint density at radius 2 is 1.90 bits per heavy atom. The number of allylic oxidation sites excluding steroid dienone is 4. The molecule has 2 heteroatoms. The summed E-state index contributed by atoms with van der Waals surface area (Å²) in [7, 11) is 0. The van der Waals surface area contributed by atoms with Gasteiger partial charge < -0.3 is 10.2 Å². The van der Waals surface area contributed by atoms with Gasteiger partial charge >= 0.3 is 0 Å². The summed E-state index contributed by atoms with van der Waals surface area (Å²) in [5.41, 5.74) is 3.95. The van der Waals surface area contributed by atoms with Crippen LogP contribution in [-0.4, -0.2) is 21.9 Å². The van der Waals surface area contributed by atoms with E-state index in [2.05, 4.69) is 46.4 Å². The van der Waals surface area contributed by atoms with Gasteiger partial charge in [-0.2, -0.15) is 0 Å². The van der Waals surface area contributed by atoms with Crippen molar-refractivity contribution in [3.63, 3.8) is 0 Å². The van der Waals surface area contributed by atoms with Crippen LogP contribution in [0.3, 0.4) is 0 Å². The van der Waals surface area contributed by atoms with Crippen molar-refractivity contribution in [3.05, 3.63) is 35.5 Å². The van der Waals surface area contributed by atoms with Crippen molar-refractivity contribution in [3.8, 4) is 0 Å². The van der Waals surface area contributed by atoms with Crippen molar-refractivity contribution in [1.29, 1.82) is 0 Å². The summed E-state index contributed by atoms with van der Waals surface area (Å²) < 4.78 is 0. The third-order valence-electron chi connectivity index (χ3n) is 9.08. The zero-order chi connectivity index (χ0) is 23.0. The van der Waals surface area contributed by atoms with E-state index in [4.69, 9.17) is 0 Å². The highest BCUT2D eigenvalue weighted by molar-refractivity contribution is 5.40. The SMILES string of the molecule is C=C1/C(=C\C=C2/CCC[C@]3(C)[C@@H]([C@H](C)CCCC(C)(C)O)CC[C@@H]23)C[C@@H](O)CC1(C)C. The predicted molar refractivity (Wildman–Crippen MR) is 132 cm³/mol. The topological polar surface area (TPSA) is 40.5 Å². The summed E-state index contributed by atoms with van der Waals surface area (Å²) in [5, 5.41) is 20.4. The highest BCUT2D eigenvalue weighted by Crippen LogP contribution is 2.60. The Morgan fingerprint density at radius 3 is 2.58 bits per heavy atom. The van der Waals surface area contributed by atoms with Gasteiger partial charge in [0.2, 0.25) is 0 Å². The Hall–Kier alpha value is -0.860. The molecule has 5 atom stereocenters. The third-order valence-corrected chi connectivity index (χ3v) is 9.08. The molecule has 3 aliphatic carbocycles. The van der Waals surface area contributed by atoms with E-state index in [-0.39, 0.29) is 11.5 Å².